The van der Waals surface area contributed by atoms with Crippen molar-refractivity contribution in [1.82, 2.24) is 19.6 Å². The van der Waals surface area contributed by atoms with E-state index in [4.69, 9.17) is 0 Å². The molecule has 1 aromatic carbocycles. The molecule has 3 rings (SSSR count). The van der Waals surface area contributed by atoms with E-state index in [1.165, 1.54) is 18.3 Å². The molecule has 0 saturated carbocycles. The molecule has 2 atom stereocenters. The Kier molecular flexibility index (Phi) is 4.92. The van der Waals surface area contributed by atoms with Gasteiger partial charge in [-0.2, -0.15) is 0 Å². The molecule has 2 aliphatic rings. The summed E-state index contributed by atoms with van der Waals surface area (Å²) >= 11 is 0. The standard InChI is InChI=1S/C18H23N5O3/c1-4-22(10-13-8-6-5-7-9-13)14(24)11-23-12-19-16-15(23)17(25)21(3)18(26)20(16)2/h5-9,12,15-16H,4,10-11H2,1-3H3. The third-order valence-corrected chi connectivity index (χ3v) is 4.85. The summed E-state index contributed by atoms with van der Waals surface area (Å²) in [7, 11) is 3.06. The summed E-state index contributed by atoms with van der Waals surface area (Å²) in [6, 6.07) is 8.73. The van der Waals surface area contributed by atoms with Crippen LogP contribution in [0.4, 0.5) is 4.79 Å². The molecule has 0 bridgehead atoms. The van der Waals surface area contributed by atoms with Crippen molar-refractivity contribution in [2.24, 2.45) is 4.99 Å². The quantitative estimate of drug-likeness (QED) is 0.773. The van der Waals surface area contributed by atoms with Crippen LogP contribution in [-0.2, 0) is 16.1 Å². The lowest BCUT2D eigenvalue weighted by Gasteiger charge is -2.39. The molecule has 1 fully saturated rings. The lowest BCUT2D eigenvalue weighted by molar-refractivity contribution is -0.138. The number of carbonyl (C=O) groups excluding carboxylic acids is 3. The van der Waals surface area contributed by atoms with Gasteiger partial charge in [-0.1, -0.05) is 30.3 Å². The molecule has 0 aromatic heterocycles. The highest BCUT2D eigenvalue weighted by atomic mass is 16.2. The Labute approximate surface area is 152 Å². The van der Waals surface area contributed by atoms with Gasteiger partial charge < -0.3 is 14.7 Å². The van der Waals surface area contributed by atoms with Crippen LogP contribution in [0, 0.1) is 0 Å². The van der Waals surface area contributed by atoms with Crippen molar-refractivity contribution in [3.63, 3.8) is 0 Å². The van der Waals surface area contributed by atoms with Crippen LogP contribution in [0.3, 0.4) is 0 Å². The zero-order valence-corrected chi connectivity index (χ0v) is 15.2. The second-order valence-electron chi connectivity index (χ2n) is 6.48. The minimum absolute atomic E-state index is 0.0486. The van der Waals surface area contributed by atoms with Crippen molar-refractivity contribution in [2.75, 3.05) is 27.2 Å². The molecule has 2 heterocycles. The molecule has 2 unspecified atom stereocenters. The van der Waals surface area contributed by atoms with E-state index < -0.39 is 12.2 Å². The van der Waals surface area contributed by atoms with Crippen LogP contribution < -0.4 is 0 Å². The van der Waals surface area contributed by atoms with Gasteiger partial charge in [-0.15, -0.1) is 0 Å². The minimum atomic E-state index is -0.651. The van der Waals surface area contributed by atoms with Gasteiger partial charge in [0.1, 0.15) is 0 Å². The van der Waals surface area contributed by atoms with E-state index in [1.807, 2.05) is 37.3 Å². The lowest BCUT2D eigenvalue weighted by Crippen LogP contribution is -2.64. The Hall–Kier alpha value is -2.90. The van der Waals surface area contributed by atoms with Gasteiger partial charge in [-0.3, -0.25) is 14.5 Å². The van der Waals surface area contributed by atoms with Gasteiger partial charge >= 0.3 is 6.03 Å². The number of benzene rings is 1. The largest absolute Gasteiger partial charge is 0.338 e. The van der Waals surface area contributed by atoms with E-state index in [2.05, 4.69) is 4.99 Å². The highest BCUT2D eigenvalue weighted by Gasteiger charge is 2.48. The summed E-state index contributed by atoms with van der Waals surface area (Å²) in [5, 5.41) is 0. The second-order valence-corrected chi connectivity index (χ2v) is 6.48. The van der Waals surface area contributed by atoms with Gasteiger partial charge in [0.25, 0.3) is 5.91 Å². The summed E-state index contributed by atoms with van der Waals surface area (Å²) in [4.78, 5) is 47.4. The molecule has 0 aliphatic carbocycles. The predicted octanol–water partition coefficient (Wildman–Crippen LogP) is 0.597. The van der Waals surface area contributed by atoms with Gasteiger partial charge in [0.2, 0.25) is 5.91 Å². The molecule has 138 valence electrons. The fourth-order valence-electron chi connectivity index (χ4n) is 3.28. The van der Waals surface area contributed by atoms with Crippen LogP contribution >= 0.6 is 0 Å². The molecule has 8 nitrogen and oxygen atoms in total. The molecular weight excluding hydrogens is 334 g/mol. The highest BCUT2D eigenvalue weighted by molar-refractivity contribution is 6.02. The van der Waals surface area contributed by atoms with Crippen molar-refractivity contribution >= 4 is 24.2 Å². The Morgan fingerprint density at radius 3 is 2.54 bits per heavy atom. The van der Waals surface area contributed by atoms with Crippen molar-refractivity contribution in [3.05, 3.63) is 35.9 Å². The van der Waals surface area contributed by atoms with E-state index in [9.17, 15) is 14.4 Å². The van der Waals surface area contributed by atoms with Crippen LogP contribution in [0.5, 0.6) is 0 Å². The number of aliphatic imine (C=N–C) groups is 1. The van der Waals surface area contributed by atoms with E-state index in [0.717, 1.165) is 10.5 Å². The number of hydrogen-bond acceptors (Lipinski definition) is 5. The second kappa shape index (κ2) is 7.15. The molecule has 0 N–H and O–H groups in total. The number of hydrogen-bond donors (Lipinski definition) is 0. The average molecular weight is 357 g/mol. The number of rotatable bonds is 5. The first-order valence-corrected chi connectivity index (χ1v) is 8.59. The van der Waals surface area contributed by atoms with Gasteiger partial charge in [0, 0.05) is 27.2 Å². The first-order valence-electron chi connectivity index (χ1n) is 8.59. The Morgan fingerprint density at radius 2 is 1.88 bits per heavy atom. The first-order chi connectivity index (χ1) is 12.4. The third kappa shape index (κ3) is 3.14. The Balaban J connectivity index is 1.70. The van der Waals surface area contributed by atoms with E-state index in [-0.39, 0.29) is 24.4 Å². The fraction of sp³-hybridized carbons (Fsp3) is 0.444. The molecule has 0 spiro atoms. The molecule has 0 radical (unpaired) electrons. The minimum Gasteiger partial charge on any atom is -0.338 e. The monoisotopic (exact) mass is 357 g/mol. The molecule has 1 aromatic rings. The van der Waals surface area contributed by atoms with Crippen LogP contribution in [0.1, 0.15) is 12.5 Å². The zero-order chi connectivity index (χ0) is 18.8. The van der Waals surface area contributed by atoms with Crippen molar-refractivity contribution < 1.29 is 14.4 Å². The number of carbonyl (C=O) groups is 3. The Morgan fingerprint density at radius 1 is 1.19 bits per heavy atom. The molecule has 1 saturated heterocycles. The molecule has 26 heavy (non-hydrogen) atoms. The van der Waals surface area contributed by atoms with Crippen molar-refractivity contribution in [1.29, 1.82) is 0 Å². The first kappa shape index (κ1) is 17.9. The third-order valence-electron chi connectivity index (χ3n) is 4.85. The molecule has 2 aliphatic heterocycles. The SMILES string of the molecule is CCN(Cc1ccccc1)C(=O)CN1C=NC2C1C(=O)N(C)C(=O)N2C. The smallest absolute Gasteiger partial charge is 0.328 e. The number of likely N-dealkylation sites (N-methyl/N-ethyl adjacent to an activating group) is 3. The van der Waals surface area contributed by atoms with E-state index in [1.54, 1.807) is 16.8 Å². The lowest BCUT2D eigenvalue weighted by atomic mass is 10.1. The summed E-state index contributed by atoms with van der Waals surface area (Å²) < 4.78 is 0. The van der Waals surface area contributed by atoms with Crippen molar-refractivity contribution in [3.8, 4) is 0 Å². The topological polar surface area (TPSA) is 76.5 Å². The van der Waals surface area contributed by atoms with Gasteiger partial charge in [-0.05, 0) is 12.5 Å². The van der Waals surface area contributed by atoms with Crippen LogP contribution in [0.2, 0.25) is 0 Å². The normalized spacial score (nSPS) is 22.0. The maximum absolute atomic E-state index is 12.8. The highest BCUT2D eigenvalue weighted by Crippen LogP contribution is 2.24. The van der Waals surface area contributed by atoms with E-state index in [0.29, 0.717) is 13.1 Å². The van der Waals surface area contributed by atoms with Gasteiger partial charge in [-0.25, -0.2) is 9.79 Å². The van der Waals surface area contributed by atoms with Crippen molar-refractivity contribution in [2.45, 2.75) is 25.7 Å². The maximum Gasteiger partial charge on any atom is 0.328 e. The molecule has 4 amide bonds. The summed E-state index contributed by atoms with van der Waals surface area (Å²) in [5.41, 5.74) is 1.05. The van der Waals surface area contributed by atoms with Crippen LogP contribution in [-0.4, -0.2) is 83.2 Å². The average Bonchev–Trinajstić information content (AvgIpc) is 3.07. The number of urea groups is 1. The maximum atomic E-state index is 12.8. The molecular formula is C18H23N5O3. The predicted molar refractivity (Wildman–Crippen MR) is 96.2 cm³/mol. The van der Waals surface area contributed by atoms with Gasteiger partial charge in [0.15, 0.2) is 12.2 Å². The zero-order valence-electron chi connectivity index (χ0n) is 15.2. The number of fused-ring (bicyclic) bond motifs is 1. The van der Waals surface area contributed by atoms with Gasteiger partial charge in [0.05, 0.1) is 12.9 Å². The molecule has 8 heteroatoms. The fourth-order valence-corrected chi connectivity index (χ4v) is 3.28. The van der Waals surface area contributed by atoms with E-state index >= 15 is 0 Å². The van der Waals surface area contributed by atoms with Crippen LogP contribution in [0.15, 0.2) is 35.3 Å². The summed E-state index contributed by atoms with van der Waals surface area (Å²) in [5.74, 6) is -0.423. The number of nitrogens with zero attached hydrogens (tertiary/aromatic N) is 5. The van der Waals surface area contributed by atoms with Crippen LogP contribution in [0.25, 0.3) is 0 Å². The number of imide groups is 1. The Bertz CT molecular complexity index is 736. The number of amides is 4. The summed E-state index contributed by atoms with van der Waals surface area (Å²) in [6.07, 6.45) is 0.924. The summed E-state index contributed by atoms with van der Waals surface area (Å²) in [6.45, 7) is 3.06.